The summed E-state index contributed by atoms with van der Waals surface area (Å²) >= 11 is 31.8. The van der Waals surface area contributed by atoms with Gasteiger partial charge in [-0.3, -0.25) is 39.4 Å². The summed E-state index contributed by atoms with van der Waals surface area (Å²) in [6.07, 6.45) is 0. The van der Waals surface area contributed by atoms with E-state index in [4.69, 9.17) is 77.0 Å². The van der Waals surface area contributed by atoms with Crippen LogP contribution in [0.15, 0.2) is 172 Å². The third-order valence-corrected chi connectivity index (χ3v) is 20.7. The summed E-state index contributed by atoms with van der Waals surface area (Å²) in [6.45, 7) is 6.05. The molecule has 28 nitrogen and oxygen atoms in total. The van der Waals surface area contributed by atoms with E-state index in [1.807, 2.05) is 55.4 Å². The first-order chi connectivity index (χ1) is 55.9. The van der Waals surface area contributed by atoms with Crippen molar-refractivity contribution in [1.82, 2.24) is 19.9 Å². The van der Waals surface area contributed by atoms with Gasteiger partial charge in [0.25, 0.3) is 35.0 Å². The van der Waals surface area contributed by atoms with Gasteiger partial charge in [0.15, 0.2) is 23.5 Å². The molecule has 4 amide bonds. The number of aliphatic imine (C=N–C) groups is 4. The van der Waals surface area contributed by atoms with Crippen LogP contribution >= 0.6 is 58.0 Å². The summed E-state index contributed by atoms with van der Waals surface area (Å²) < 4.78 is 49.7. The number of H-pyrrole nitrogens is 4. The molecule has 117 heavy (non-hydrogen) atoms. The Kier molecular flexibility index (Phi) is 23.0. The molecule has 4 aromatic heterocycles. The maximum absolute atomic E-state index is 14.3. The van der Waals surface area contributed by atoms with Crippen molar-refractivity contribution in [2.45, 2.75) is 13.8 Å². The molecule has 0 atom stereocenters. The number of nitrogens with one attached hydrogen (secondary N) is 4. The van der Waals surface area contributed by atoms with Crippen LogP contribution in [0.3, 0.4) is 0 Å². The summed E-state index contributed by atoms with van der Waals surface area (Å²) in [5.74, 6) is -3.37. The summed E-state index contributed by atoms with van der Waals surface area (Å²) in [4.78, 5) is 103. The Balaban J connectivity index is 0.000000136. The van der Waals surface area contributed by atoms with Crippen LogP contribution in [0.25, 0.3) is 45.0 Å². The third kappa shape index (κ3) is 15.1. The van der Waals surface area contributed by atoms with Gasteiger partial charge < -0.3 is 69.1 Å². The highest BCUT2D eigenvalue weighted by atomic mass is 35.5. The largest absolute Gasteiger partial charge is 0.497 e. The van der Waals surface area contributed by atoms with E-state index in [1.165, 1.54) is 28.4 Å². The number of nitrogens with zero attached hydrogens (tertiary/aromatic N) is 8. The number of fused-ring (bicyclic) bond motifs is 4. The molecule has 0 saturated carbocycles. The van der Waals surface area contributed by atoms with Crippen molar-refractivity contribution in [2.24, 2.45) is 20.0 Å². The second kappa shape index (κ2) is 33.1. The lowest BCUT2D eigenvalue weighted by Crippen LogP contribution is -2.21. The van der Waals surface area contributed by atoms with Gasteiger partial charge in [-0.15, -0.1) is 0 Å². The first-order valence-corrected chi connectivity index (χ1v) is 36.7. The quantitative estimate of drug-likeness (QED) is 0.0292. The highest BCUT2D eigenvalue weighted by Gasteiger charge is 2.41. The number of halogens is 7. The number of rotatable bonds is 18. The first kappa shape index (κ1) is 81.4. The molecule has 0 unspecified atom stereocenters. The average molecular weight is 1690 g/mol. The van der Waals surface area contributed by atoms with Crippen LogP contribution < -0.4 is 28.7 Å². The zero-order valence-electron chi connectivity index (χ0n) is 62.3. The SMILES string of the molecule is CCN(CC)c1ccc(C2=NC(=O)c3c(-c4ccc(N(C)C)c(Cl)c4)[nH]c(O)c32)cc1.COc1ccc(C2=NC(=O)c3c(-c4ccc(OC)cc4Cl)[nH]c(O)c32)c(Cl)c1.COc1cccc(Cl)c1C1=NC(=O)c2c(-c3c(Cl)cccc3OC)[nH]c(O)c21.O=C1N=C(c2cc([N+](=O)[O-])ccc2F)c2c(O)[nH]c(-c3cc([N+](=O)[O-])ccc3F)c21. The molecule has 8 aromatic carbocycles. The standard InChI is InChI=1S/C24H25ClN4O2.2C20H14Cl2N2O4.C18H8F2N4O6/c1-5-29(6-2)16-10-7-14(8-11-16)21-19-20(24(31)26-21)22(27-23(19)30)15-9-12-18(28(3)4)17(25)13-15;1-27-9-3-5-11(13(21)7-9)17-15-16(20(26)23-17)18(24-19(15)25)12-6-4-10(28-2)8-14(12)22;1-27-11-7-3-5-9(21)13(11)17-15-16(20(26)23-17)18(24-19(15)25)14-10(22)6-4-8-12(14)28-2;19-11-3-1-7(23(27)28)5-9(11)15-13-14(18(26)21-15)16(22-17(13)25)10-6-8(24(29)30)2-4-12(10)20/h7-13,27,30H,5-6H2,1-4H3;2*3-8,23,26H,1-2H3;1-6,21,26H. The highest BCUT2D eigenvalue weighted by molar-refractivity contribution is 6.42. The summed E-state index contributed by atoms with van der Waals surface area (Å²) in [7, 11) is 9.87. The van der Waals surface area contributed by atoms with Crippen molar-refractivity contribution in [3.8, 4) is 91.5 Å². The van der Waals surface area contributed by atoms with Gasteiger partial charge in [0.05, 0.1) is 170 Å². The number of non-ortho nitro benzene ring substituents is 2. The Morgan fingerprint density at radius 3 is 1.30 bits per heavy atom. The molecule has 4 aliphatic heterocycles. The molecule has 0 spiro atoms. The number of carbonyl (C=O) groups excluding carboxylic acids is 4. The fourth-order valence-electron chi connectivity index (χ4n) is 13.7. The predicted octanol–water partition coefficient (Wildman–Crippen LogP) is 17.8. The summed E-state index contributed by atoms with van der Waals surface area (Å²) in [6, 6.07) is 38.9. The molecule has 594 valence electrons. The molecule has 4 aliphatic rings. The van der Waals surface area contributed by atoms with Crippen molar-refractivity contribution in [3.63, 3.8) is 0 Å². The van der Waals surface area contributed by atoms with E-state index in [9.17, 15) is 68.6 Å². The van der Waals surface area contributed by atoms with Crippen molar-refractivity contribution in [2.75, 3.05) is 65.4 Å². The molecule has 8 N–H and O–H groups in total. The summed E-state index contributed by atoms with van der Waals surface area (Å²) in [5, 5.41) is 66.1. The number of methoxy groups -OCH3 is 4. The van der Waals surface area contributed by atoms with Crippen LogP contribution in [0.4, 0.5) is 31.5 Å². The zero-order chi connectivity index (χ0) is 84.0. The average Bonchev–Trinajstić information content (AvgIpc) is 1.60. The minimum Gasteiger partial charge on any atom is -0.497 e. The molecule has 0 bridgehead atoms. The van der Waals surface area contributed by atoms with Crippen molar-refractivity contribution < 1.29 is 77.2 Å². The zero-order valence-corrected chi connectivity index (χ0v) is 66.0. The number of hydrogen-bond acceptors (Lipinski definition) is 18. The highest BCUT2D eigenvalue weighted by Crippen LogP contribution is 2.48. The molecule has 35 heteroatoms. The number of amides is 4. The lowest BCUT2D eigenvalue weighted by atomic mass is 9.99. The van der Waals surface area contributed by atoms with E-state index in [1.54, 1.807) is 78.9 Å². The molecular formula is C82H61Cl5F2N12O16. The van der Waals surface area contributed by atoms with Gasteiger partial charge in [0.1, 0.15) is 34.6 Å². The fourth-order valence-corrected chi connectivity index (χ4v) is 15.1. The van der Waals surface area contributed by atoms with Gasteiger partial charge >= 0.3 is 0 Å². The van der Waals surface area contributed by atoms with E-state index in [0.29, 0.717) is 115 Å². The number of aromatic hydroxyl groups is 4. The molecule has 0 saturated heterocycles. The van der Waals surface area contributed by atoms with Crippen LogP contribution in [0.5, 0.6) is 46.5 Å². The Morgan fingerprint density at radius 2 is 0.812 bits per heavy atom. The molecule has 16 rings (SSSR count). The van der Waals surface area contributed by atoms with E-state index < -0.39 is 62.0 Å². The third-order valence-electron chi connectivity index (χ3n) is 19.2. The number of aromatic amines is 4. The van der Waals surface area contributed by atoms with Crippen molar-refractivity contribution in [1.29, 1.82) is 0 Å². The Hall–Kier alpha value is -13.7. The first-order valence-electron chi connectivity index (χ1n) is 34.8. The van der Waals surface area contributed by atoms with Crippen molar-refractivity contribution in [3.05, 3.63) is 275 Å². The molecule has 8 heterocycles. The molecule has 0 radical (unpaired) electrons. The lowest BCUT2D eigenvalue weighted by Gasteiger charge is -2.21. The van der Waals surface area contributed by atoms with Gasteiger partial charge in [0, 0.05) is 90.5 Å². The minimum absolute atomic E-state index is 0.0739. The smallest absolute Gasteiger partial charge is 0.280 e. The number of anilines is 2. The second-order valence-corrected chi connectivity index (χ2v) is 27.9. The number of hydrogen-bond donors (Lipinski definition) is 8. The molecule has 0 fully saturated rings. The molecule has 0 aliphatic carbocycles. The van der Waals surface area contributed by atoms with E-state index >= 15 is 0 Å². The molecule has 12 aromatic rings. The van der Waals surface area contributed by atoms with Crippen LogP contribution in [0, 0.1) is 31.9 Å². The fraction of sp³-hybridized carbons (Fsp3) is 0.122. The van der Waals surface area contributed by atoms with Crippen LogP contribution in [0.1, 0.15) is 99.8 Å². The maximum Gasteiger partial charge on any atom is 0.280 e. The second-order valence-electron chi connectivity index (χ2n) is 25.9. The number of nitro benzene ring substituents is 2. The number of nitro groups is 2. The van der Waals surface area contributed by atoms with E-state index in [2.05, 4.69) is 58.7 Å². The van der Waals surface area contributed by atoms with Gasteiger partial charge in [-0.05, 0) is 111 Å². The van der Waals surface area contributed by atoms with Gasteiger partial charge in [0.2, 0.25) is 0 Å². The van der Waals surface area contributed by atoms with Gasteiger partial charge in [-0.2, -0.15) is 0 Å². The lowest BCUT2D eigenvalue weighted by molar-refractivity contribution is -0.385. The number of ether oxygens (including phenoxy) is 4. The monoisotopic (exact) mass is 1680 g/mol. The van der Waals surface area contributed by atoms with E-state index in [-0.39, 0.29) is 79.8 Å². The van der Waals surface area contributed by atoms with E-state index in [0.717, 1.165) is 66.4 Å². The van der Waals surface area contributed by atoms with Crippen LogP contribution in [-0.4, -0.2) is 152 Å². The normalized spacial score (nSPS) is 12.7. The van der Waals surface area contributed by atoms with Crippen molar-refractivity contribution >= 4 is 127 Å². The van der Waals surface area contributed by atoms with Crippen LogP contribution in [-0.2, 0) is 0 Å². The number of aromatic nitrogens is 4. The minimum atomic E-state index is -0.983. The number of benzene rings is 8. The number of carbonyl (C=O) groups is 4. The van der Waals surface area contributed by atoms with Crippen LogP contribution in [0.2, 0.25) is 25.1 Å². The van der Waals surface area contributed by atoms with Gasteiger partial charge in [-0.25, -0.2) is 28.8 Å². The topological polar surface area (TPSA) is 391 Å². The Bertz CT molecular complexity index is 6300. The Morgan fingerprint density at radius 1 is 0.402 bits per heavy atom. The predicted molar refractivity (Wildman–Crippen MR) is 440 cm³/mol. The maximum atomic E-state index is 14.3. The molecular weight excluding hydrogens is 1620 g/mol. The Labute approximate surface area is 686 Å². The van der Waals surface area contributed by atoms with Gasteiger partial charge in [-0.1, -0.05) is 88.3 Å². The summed E-state index contributed by atoms with van der Waals surface area (Å²) in [5.41, 5.74) is 6.34.